The summed E-state index contributed by atoms with van der Waals surface area (Å²) in [6.07, 6.45) is 2.02. The van der Waals surface area contributed by atoms with Gasteiger partial charge in [0.15, 0.2) is 0 Å². The second kappa shape index (κ2) is 8.41. The Morgan fingerprint density at radius 1 is 1.25 bits per heavy atom. The molecule has 24 heavy (non-hydrogen) atoms. The minimum absolute atomic E-state index is 0.119. The van der Waals surface area contributed by atoms with E-state index in [2.05, 4.69) is 10.2 Å². The third kappa shape index (κ3) is 4.35. The van der Waals surface area contributed by atoms with E-state index in [9.17, 15) is 9.18 Å². The number of halogens is 2. The van der Waals surface area contributed by atoms with E-state index in [0.717, 1.165) is 39.0 Å². The quantitative estimate of drug-likeness (QED) is 0.886. The van der Waals surface area contributed by atoms with Crippen molar-refractivity contribution in [3.63, 3.8) is 0 Å². The van der Waals surface area contributed by atoms with Gasteiger partial charge >= 0.3 is 6.03 Å². The molecule has 2 amide bonds. The van der Waals surface area contributed by atoms with Gasteiger partial charge in [0.2, 0.25) is 0 Å². The van der Waals surface area contributed by atoms with Crippen molar-refractivity contribution >= 4 is 29.4 Å². The van der Waals surface area contributed by atoms with Gasteiger partial charge in [-0.15, -0.1) is 0 Å². The summed E-state index contributed by atoms with van der Waals surface area (Å²) >= 11 is 8.01. The fraction of sp³-hybridized carbons (Fsp3) is 0.588. The summed E-state index contributed by atoms with van der Waals surface area (Å²) in [7, 11) is 0. The minimum Gasteiger partial charge on any atom is -0.334 e. The van der Waals surface area contributed by atoms with Gasteiger partial charge in [0.1, 0.15) is 5.82 Å². The van der Waals surface area contributed by atoms with E-state index < -0.39 is 0 Å². The van der Waals surface area contributed by atoms with Crippen LogP contribution in [0.2, 0.25) is 5.02 Å². The van der Waals surface area contributed by atoms with Crippen molar-refractivity contribution in [2.45, 2.75) is 25.4 Å². The maximum absolute atomic E-state index is 13.7. The number of amides is 2. The lowest BCUT2D eigenvalue weighted by Crippen LogP contribution is -2.51. The average Bonchev–Trinajstić information content (AvgIpc) is 2.62. The third-order valence-corrected chi connectivity index (χ3v) is 6.09. The zero-order valence-electron chi connectivity index (χ0n) is 13.6. The smallest absolute Gasteiger partial charge is 0.317 e. The van der Waals surface area contributed by atoms with Crippen molar-refractivity contribution in [3.8, 4) is 0 Å². The number of piperidine rings is 1. The molecule has 0 unspecified atom stereocenters. The van der Waals surface area contributed by atoms with Crippen LogP contribution in [0.4, 0.5) is 9.18 Å². The first-order valence-electron chi connectivity index (χ1n) is 8.42. The van der Waals surface area contributed by atoms with Gasteiger partial charge in [0.25, 0.3) is 0 Å². The van der Waals surface area contributed by atoms with Gasteiger partial charge < -0.3 is 10.2 Å². The molecule has 1 aromatic rings. The van der Waals surface area contributed by atoms with Crippen LogP contribution >= 0.6 is 23.4 Å². The highest BCUT2D eigenvalue weighted by Gasteiger charge is 2.27. The van der Waals surface area contributed by atoms with Crippen LogP contribution in [-0.2, 0) is 6.54 Å². The molecule has 1 N–H and O–H groups in total. The minimum atomic E-state index is -0.385. The van der Waals surface area contributed by atoms with Crippen LogP contribution in [0.3, 0.4) is 0 Å². The Labute approximate surface area is 151 Å². The molecule has 2 saturated heterocycles. The summed E-state index contributed by atoms with van der Waals surface area (Å²) in [6, 6.07) is 5.01. The highest BCUT2D eigenvalue weighted by atomic mass is 35.5. The lowest BCUT2D eigenvalue weighted by Gasteiger charge is -2.40. The average molecular weight is 372 g/mol. The highest BCUT2D eigenvalue weighted by Crippen LogP contribution is 2.21. The number of thioether (sulfide) groups is 1. The molecule has 0 atom stereocenters. The first-order chi connectivity index (χ1) is 11.6. The second-order valence-electron chi connectivity index (χ2n) is 6.23. The molecule has 1 aromatic carbocycles. The Morgan fingerprint density at radius 2 is 1.96 bits per heavy atom. The van der Waals surface area contributed by atoms with Crippen LogP contribution in [0.1, 0.15) is 18.4 Å². The van der Waals surface area contributed by atoms with Crippen LogP contribution in [0.5, 0.6) is 0 Å². The molecule has 0 radical (unpaired) electrons. The molecule has 3 rings (SSSR count). The van der Waals surface area contributed by atoms with Gasteiger partial charge in [-0.25, -0.2) is 9.18 Å². The molecular weight excluding hydrogens is 349 g/mol. The van der Waals surface area contributed by atoms with Gasteiger partial charge in [0, 0.05) is 60.9 Å². The molecule has 0 saturated carbocycles. The van der Waals surface area contributed by atoms with E-state index in [1.807, 2.05) is 16.7 Å². The Hall–Kier alpha value is -0.980. The number of benzene rings is 1. The van der Waals surface area contributed by atoms with Gasteiger partial charge in [-0.3, -0.25) is 4.90 Å². The number of likely N-dealkylation sites (tertiary alicyclic amines) is 1. The van der Waals surface area contributed by atoms with Crippen molar-refractivity contribution in [3.05, 3.63) is 34.6 Å². The summed E-state index contributed by atoms with van der Waals surface area (Å²) < 4.78 is 13.7. The molecule has 2 fully saturated rings. The number of hydrogen-bond donors (Lipinski definition) is 1. The predicted molar refractivity (Wildman–Crippen MR) is 97.1 cm³/mol. The molecule has 0 aliphatic carbocycles. The Balaban J connectivity index is 1.47. The van der Waals surface area contributed by atoms with Gasteiger partial charge in [0.05, 0.1) is 0 Å². The van der Waals surface area contributed by atoms with Crippen molar-refractivity contribution in [2.24, 2.45) is 0 Å². The first kappa shape index (κ1) is 17.8. The molecule has 0 bridgehead atoms. The number of hydrogen-bond acceptors (Lipinski definition) is 3. The van der Waals surface area contributed by atoms with Crippen molar-refractivity contribution in [1.82, 2.24) is 15.1 Å². The number of urea groups is 1. The molecule has 2 aliphatic rings. The van der Waals surface area contributed by atoms with E-state index in [-0.39, 0.29) is 18.4 Å². The Morgan fingerprint density at radius 3 is 2.62 bits per heavy atom. The van der Waals surface area contributed by atoms with Crippen molar-refractivity contribution in [2.75, 3.05) is 37.7 Å². The maximum atomic E-state index is 13.7. The molecule has 4 nitrogen and oxygen atoms in total. The lowest BCUT2D eigenvalue weighted by atomic mass is 10.0. The second-order valence-corrected chi connectivity index (χ2v) is 7.86. The normalized spacial score (nSPS) is 20.2. The maximum Gasteiger partial charge on any atom is 0.317 e. The molecule has 132 valence electrons. The van der Waals surface area contributed by atoms with Crippen molar-refractivity contribution < 1.29 is 9.18 Å². The van der Waals surface area contributed by atoms with Crippen LogP contribution in [-0.4, -0.2) is 59.6 Å². The van der Waals surface area contributed by atoms with Gasteiger partial charge in [-0.1, -0.05) is 17.7 Å². The van der Waals surface area contributed by atoms with Gasteiger partial charge in [-0.2, -0.15) is 11.8 Å². The summed E-state index contributed by atoms with van der Waals surface area (Å²) in [5, 5.41) is 3.13. The molecule has 2 heterocycles. The largest absolute Gasteiger partial charge is 0.334 e. The monoisotopic (exact) mass is 371 g/mol. The molecule has 7 heteroatoms. The van der Waals surface area contributed by atoms with E-state index >= 15 is 0 Å². The number of carbonyl (C=O) groups is 1. The van der Waals surface area contributed by atoms with E-state index in [0.29, 0.717) is 16.6 Å². The molecule has 0 aromatic heterocycles. The summed E-state index contributed by atoms with van der Waals surface area (Å²) in [5.74, 6) is 2.04. The summed E-state index contributed by atoms with van der Waals surface area (Å²) in [6.45, 7) is 3.95. The Bertz CT molecular complexity index is 555. The Kier molecular flexibility index (Phi) is 6.25. The summed E-state index contributed by atoms with van der Waals surface area (Å²) in [4.78, 5) is 16.7. The van der Waals surface area contributed by atoms with Crippen molar-refractivity contribution in [1.29, 1.82) is 0 Å². The number of carbonyl (C=O) groups excluding carboxylic acids is 1. The third-order valence-electron chi connectivity index (χ3n) is 4.79. The van der Waals surface area contributed by atoms with Crippen LogP contribution in [0, 0.1) is 5.82 Å². The highest BCUT2D eigenvalue weighted by molar-refractivity contribution is 7.99. The number of nitrogens with one attached hydrogen (secondary N) is 1. The van der Waals surface area contributed by atoms with E-state index in [4.69, 9.17) is 11.6 Å². The van der Waals surface area contributed by atoms with Crippen LogP contribution in [0.15, 0.2) is 18.2 Å². The van der Waals surface area contributed by atoms with Gasteiger partial charge in [-0.05, 0) is 25.0 Å². The zero-order valence-corrected chi connectivity index (χ0v) is 15.2. The van der Waals surface area contributed by atoms with Crippen LogP contribution < -0.4 is 5.32 Å². The predicted octanol–water partition coefficient (Wildman–Crippen LogP) is 3.20. The zero-order chi connectivity index (χ0) is 16.9. The number of rotatable bonds is 3. The molecule has 2 aliphatic heterocycles. The summed E-state index contributed by atoms with van der Waals surface area (Å²) in [5.41, 5.74) is 0.341. The van der Waals surface area contributed by atoms with E-state index in [1.54, 1.807) is 12.1 Å². The fourth-order valence-corrected chi connectivity index (χ4v) is 4.51. The standard InChI is InChI=1S/C17H23ClFN3OS/c18-15-2-1-3-16(19)14(15)12-20-17(23)22-6-4-13(5-7-22)21-8-10-24-11-9-21/h1-3,13H,4-12H2,(H,20,23). The first-order valence-corrected chi connectivity index (χ1v) is 9.96. The number of nitrogens with zero attached hydrogens (tertiary/aromatic N) is 2. The topological polar surface area (TPSA) is 35.6 Å². The van der Waals surface area contributed by atoms with Crippen LogP contribution in [0.25, 0.3) is 0 Å². The van der Waals surface area contributed by atoms with E-state index in [1.165, 1.54) is 17.6 Å². The fourth-order valence-electron chi connectivity index (χ4n) is 3.35. The lowest BCUT2D eigenvalue weighted by molar-refractivity contribution is 0.124. The molecular formula is C17H23ClFN3OS. The molecule has 0 spiro atoms. The SMILES string of the molecule is O=C(NCc1c(F)cccc1Cl)N1CCC(N2CCSCC2)CC1.